The second-order valence-electron chi connectivity index (χ2n) is 7.10. The molecule has 0 aromatic heterocycles. The summed E-state index contributed by atoms with van der Waals surface area (Å²) in [6, 6.07) is 8.41. The fraction of sp³-hybridized carbons (Fsp3) is 0.611. The summed E-state index contributed by atoms with van der Waals surface area (Å²) in [4.78, 5) is 14.9. The van der Waals surface area contributed by atoms with Crippen LogP contribution < -0.4 is 5.32 Å². The predicted octanol–water partition coefficient (Wildman–Crippen LogP) is 2.60. The van der Waals surface area contributed by atoms with Gasteiger partial charge in [0.05, 0.1) is 18.1 Å². The SMILES string of the molecule is O=C(NC1CCC1)[C@@H]1C[C@H]2CN(Cc3ccc(Cl)cc3)C[C@@H]1O2. The standard InChI is InChI=1S/C18H23ClN2O2/c19-13-6-4-12(5-7-13)9-21-10-15-8-16(17(11-21)23-15)18(22)20-14-2-1-3-14/h4-7,14-17H,1-3,8-11H2,(H,20,22)/t15-,16+,17-/m0/s1. The van der Waals surface area contributed by atoms with Gasteiger partial charge < -0.3 is 10.1 Å². The normalized spacial score (nSPS) is 30.9. The van der Waals surface area contributed by atoms with Gasteiger partial charge in [-0.05, 0) is 43.4 Å². The van der Waals surface area contributed by atoms with Gasteiger partial charge in [0.1, 0.15) is 0 Å². The van der Waals surface area contributed by atoms with E-state index in [-0.39, 0.29) is 24.0 Å². The summed E-state index contributed by atoms with van der Waals surface area (Å²) in [7, 11) is 0. The summed E-state index contributed by atoms with van der Waals surface area (Å²) in [5, 5.41) is 3.96. The molecule has 4 nitrogen and oxygen atoms in total. The van der Waals surface area contributed by atoms with Crippen LogP contribution in [0.1, 0.15) is 31.2 Å². The molecule has 2 aliphatic heterocycles. The molecule has 0 radical (unpaired) electrons. The molecule has 0 spiro atoms. The molecule has 1 saturated carbocycles. The van der Waals surface area contributed by atoms with Crippen molar-refractivity contribution < 1.29 is 9.53 Å². The van der Waals surface area contributed by atoms with Crippen LogP contribution in [0.25, 0.3) is 0 Å². The molecule has 5 heteroatoms. The average molecular weight is 335 g/mol. The van der Waals surface area contributed by atoms with E-state index in [0.717, 1.165) is 43.9 Å². The lowest BCUT2D eigenvalue weighted by atomic mass is 9.91. The van der Waals surface area contributed by atoms with Gasteiger partial charge in [0.15, 0.2) is 0 Å². The number of hydrogen-bond acceptors (Lipinski definition) is 3. The number of carbonyl (C=O) groups excluding carboxylic acids is 1. The molecule has 2 bridgehead atoms. The monoisotopic (exact) mass is 334 g/mol. The minimum atomic E-state index is 0.0239. The number of fused-ring (bicyclic) bond motifs is 2. The zero-order valence-electron chi connectivity index (χ0n) is 13.2. The number of likely N-dealkylation sites (tertiary alicyclic amines) is 1. The molecule has 4 rings (SSSR count). The number of hydrogen-bond donors (Lipinski definition) is 1. The van der Waals surface area contributed by atoms with Crippen molar-refractivity contribution in [3.8, 4) is 0 Å². The van der Waals surface area contributed by atoms with Crippen molar-refractivity contribution in [3.05, 3.63) is 34.9 Å². The van der Waals surface area contributed by atoms with Gasteiger partial charge in [0, 0.05) is 30.7 Å². The first-order chi connectivity index (χ1) is 11.2. The molecule has 3 aliphatic rings. The first-order valence-electron chi connectivity index (χ1n) is 8.60. The third kappa shape index (κ3) is 3.39. The van der Waals surface area contributed by atoms with Gasteiger partial charge in [-0.25, -0.2) is 0 Å². The van der Waals surface area contributed by atoms with Crippen LogP contribution in [0.3, 0.4) is 0 Å². The molecule has 124 valence electrons. The second kappa shape index (κ2) is 6.42. The lowest BCUT2D eigenvalue weighted by molar-refractivity contribution is -0.129. The number of nitrogens with one attached hydrogen (secondary N) is 1. The summed E-state index contributed by atoms with van der Waals surface area (Å²) in [6.45, 7) is 2.64. The Bertz CT molecular complexity index is 573. The summed E-state index contributed by atoms with van der Waals surface area (Å²) in [5.41, 5.74) is 1.26. The molecule has 0 unspecified atom stereocenters. The largest absolute Gasteiger partial charge is 0.371 e. The second-order valence-corrected chi connectivity index (χ2v) is 7.53. The zero-order valence-corrected chi connectivity index (χ0v) is 14.0. The van der Waals surface area contributed by atoms with E-state index in [0.29, 0.717) is 6.04 Å². The zero-order chi connectivity index (χ0) is 15.8. The van der Waals surface area contributed by atoms with Gasteiger partial charge in [-0.2, -0.15) is 0 Å². The maximum absolute atomic E-state index is 12.5. The van der Waals surface area contributed by atoms with Crippen molar-refractivity contribution in [2.45, 2.75) is 50.5 Å². The van der Waals surface area contributed by atoms with Crippen LogP contribution in [0.4, 0.5) is 0 Å². The van der Waals surface area contributed by atoms with Crippen molar-refractivity contribution >= 4 is 17.5 Å². The molecule has 1 N–H and O–H groups in total. The predicted molar refractivity (Wildman–Crippen MR) is 89.3 cm³/mol. The molecule has 3 fully saturated rings. The maximum Gasteiger partial charge on any atom is 0.226 e. The molecule has 2 heterocycles. The smallest absolute Gasteiger partial charge is 0.226 e. The van der Waals surface area contributed by atoms with Gasteiger partial charge in [0.2, 0.25) is 5.91 Å². The molecule has 1 aromatic carbocycles. The number of ether oxygens (including phenoxy) is 1. The van der Waals surface area contributed by atoms with Crippen LogP contribution in [0.15, 0.2) is 24.3 Å². The highest BCUT2D eigenvalue weighted by Crippen LogP contribution is 2.33. The number of amides is 1. The van der Waals surface area contributed by atoms with Crippen LogP contribution in [-0.4, -0.2) is 42.1 Å². The lowest BCUT2D eigenvalue weighted by Crippen LogP contribution is -2.47. The van der Waals surface area contributed by atoms with Gasteiger partial charge in [0.25, 0.3) is 0 Å². The van der Waals surface area contributed by atoms with Crippen LogP contribution in [-0.2, 0) is 16.1 Å². The summed E-state index contributed by atoms with van der Waals surface area (Å²) in [6.07, 6.45) is 4.61. The Labute approximate surface area is 142 Å². The van der Waals surface area contributed by atoms with Crippen molar-refractivity contribution in [2.24, 2.45) is 5.92 Å². The number of rotatable bonds is 4. The van der Waals surface area contributed by atoms with Crippen molar-refractivity contribution in [2.75, 3.05) is 13.1 Å². The molecule has 23 heavy (non-hydrogen) atoms. The van der Waals surface area contributed by atoms with E-state index in [1.807, 2.05) is 12.1 Å². The molecular weight excluding hydrogens is 312 g/mol. The Kier molecular flexibility index (Phi) is 4.31. The number of nitrogens with zero attached hydrogens (tertiary/aromatic N) is 1. The molecule has 1 aliphatic carbocycles. The summed E-state index contributed by atoms with van der Waals surface area (Å²) >= 11 is 5.94. The topological polar surface area (TPSA) is 41.6 Å². The molecule has 2 saturated heterocycles. The number of carbonyl (C=O) groups is 1. The van der Waals surface area contributed by atoms with Gasteiger partial charge >= 0.3 is 0 Å². The van der Waals surface area contributed by atoms with E-state index in [2.05, 4.69) is 22.3 Å². The van der Waals surface area contributed by atoms with Crippen LogP contribution in [0.2, 0.25) is 5.02 Å². The molecule has 1 aromatic rings. The maximum atomic E-state index is 12.5. The van der Waals surface area contributed by atoms with E-state index >= 15 is 0 Å². The lowest BCUT2D eigenvalue weighted by Gasteiger charge is -2.33. The molecular formula is C18H23ClN2O2. The Hall–Kier alpha value is -1.10. The van der Waals surface area contributed by atoms with E-state index in [1.165, 1.54) is 12.0 Å². The van der Waals surface area contributed by atoms with Gasteiger partial charge in [-0.15, -0.1) is 0 Å². The number of halogens is 1. The van der Waals surface area contributed by atoms with Crippen molar-refractivity contribution in [3.63, 3.8) is 0 Å². The number of benzene rings is 1. The van der Waals surface area contributed by atoms with Gasteiger partial charge in [-0.1, -0.05) is 23.7 Å². The Balaban J connectivity index is 1.35. The molecule has 1 amide bonds. The van der Waals surface area contributed by atoms with Crippen LogP contribution >= 0.6 is 11.6 Å². The highest BCUT2D eigenvalue weighted by atomic mass is 35.5. The first-order valence-corrected chi connectivity index (χ1v) is 8.98. The quantitative estimate of drug-likeness (QED) is 0.920. The summed E-state index contributed by atoms with van der Waals surface area (Å²) < 4.78 is 6.03. The van der Waals surface area contributed by atoms with E-state index in [4.69, 9.17) is 16.3 Å². The fourth-order valence-electron chi connectivity index (χ4n) is 3.85. The van der Waals surface area contributed by atoms with Crippen LogP contribution in [0.5, 0.6) is 0 Å². The number of morpholine rings is 1. The summed E-state index contributed by atoms with van der Waals surface area (Å²) in [5.74, 6) is 0.228. The Morgan fingerprint density at radius 1 is 1.26 bits per heavy atom. The highest BCUT2D eigenvalue weighted by Gasteiger charge is 2.45. The minimum absolute atomic E-state index is 0.0239. The highest BCUT2D eigenvalue weighted by molar-refractivity contribution is 6.30. The van der Waals surface area contributed by atoms with Crippen LogP contribution in [0, 0.1) is 5.92 Å². The first kappa shape index (κ1) is 15.4. The van der Waals surface area contributed by atoms with E-state index in [1.54, 1.807) is 0 Å². The van der Waals surface area contributed by atoms with Crippen molar-refractivity contribution in [1.82, 2.24) is 10.2 Å². The fourth-order valence-corrected chi connectivity index (χ4v) is 3.98. The third-order valence-corrected chi connectivity index (χ3v) is 5.59. The Morgan fingerprint density at radius 3 is 2.74 bits per heavy atom. The Morgan fingerprint density at radius 2 is 2.04 bits per heavy atom. The minimum Gasteiger partial charge on any atom is -0.371 e. The van der Waals surface area contributed by atoms with Crippen molar-refractivity contribution in [1.29, 1.82) is 0 Å². The van der Waals surface area contributed by atoms with Gasteiger partial charge in [-0.3, -0.25) is 9.69 Å². The average Bonchev–Trinajstić information content (AvgIpc) is 2.80. The van der Waals surface area contributed by atoms with E-state index < -0.39 is 0 Å². The third-order valence-electron chi connectivity index (χ3n) is 5.34. The molecule has 3 atom stereocenters. The van der Waals surface area contributed by atoms with E-state index in [9.17, 15) is 4.79 Å².